The molecule has 4 rings (SSSR count). The van der Waals surface area contributed by atoms with Gasteiger partial charge in [-0.1, -0.05) is 24.3 Å². The standard InChI is InChI=1S/C25H23N3O6S/c1-33-20-11-10-16(12-21(20)34-2)23-14-25(30)27(19-8-3-4-9-22(19)35-23)15-24(29)26-17-6-5-7-18(13-17)28(31)32/h3-13,23H,14-15H2,1-2H3,(H,26,29)/t23-/m1/s1. The average Bonchev–Trinajstić information content (AvgIpc) is 3.00. The van der Waals surface area contributed by atoms with E-state index >= 15 is 0 Å². The number of amides is 2. The number of non-ortho nitro benzene ring substituents is 1. The number of para-hydroxylation sites is 1. The zero-order valence-electron chi connectivity index (χ0n) is 19.1. The summed E-state index contributed by atoms with van der Waals surface area (Å²) >= 11 is 1.54. The zero-order valence-corrected chi connectivity index (χ0v) is 19.9. The molecular weight excluding hydrogens is 470 g/mol. The molecule has 0 radical (unpaired) electrons. The third kappa shape index (κ3) is 5.38. The van der Waals surface area contributed by atoms with Gasteiger partial charge in [-0.15, -0.1) is 11.8 Å². The molecule has 0 saturated heterocycles. The quantitative estimate of drug-likeness (QED) is 0.371. The van der Waals surface area contributed by atoms with Crippen LogP contribution in [0, 0.1) is 10.1 Å². The van der Waals surface area contributed by atoms with Crippen LogP contribution in [-0.2, 0) is 9.59 Å². The van der Waals surface area contributed by atoms with Gasteiger partial charge >= 0.3 is 0 Å². The van der Waals surface area contributed by atoms with Crippen LogP contribution in [-0.4, -0.2) is 37.5 Å². The number of nitrogens with one attached hydrogen (secondary N) is 1. The first-order chi connectivity index (χ1) is 16.9. The topological polar surface area (TPSA) is 111 Å². The van der Waals surface area contributed by atoms with Crippen LogP contribution < -0.4 is 19.7 Å². The van der Waals surface area contributed by atoms with Crippen molar-refractivity contribution in [3.8, 4) is 11.5 Å². The highest BCUT2D eigenvalue weighted by molar-refractivity contribution is 7.99. The van der Waals surface area contributed by atoms with Gasteiger partial charge in [-0.2, -0.15) is 0 Å². The summed E-state index contributed by atoms with van der Waals surface area (Å²) in [5.74, 6) is 0.504. The van der Waals surface area contributed by atoms with Crippen molar-refractivity contribution in [1.29, 1.82) is 0 Å². The lowest BCUT2D eigenvalue weighted by Gasteiger charge is -2.22. The van der Waals surface area contributed by atoms with E-state index in [2.05, 4.69) is 5.32 Å². The summed E-state index contributed by atoms with van der Waals surface area (Å²) in [4.78, 5) is 39.0. The van der Waals surface area contributed by atoms with E-state index in [0.29, 0.717) is 17.2 Å². The number of ether oxygens (including phenoxy) is 2. The van der Waals surface area contributed by atoms with Crippen molar-refractivity contribution in [2.75, 3.05) is 31.0 Å². The van der Waals surface area contributed by atoms with E-state index in [0.717, 1.165) is 10.5 Å². The van der Waals surface area contributed by atoms with Gasteiger partial charge in [0.1, 0.15) is 6.54 Å². The van der Waals surface area contributed by atoms with E-state index in [-0.39, 0.29) is 35.5 Å². The van der Waals surface area contributed by atoms with Crippen LogP contribution in [0.3, 0.4) is 0 Å². The molecule has 3 aromatic rings. The van der Waals surface area contributed by atoms with Gasteiger partial charge in [0.15, 0.2) is 11.5 Å². The Bertz CT molecular complexity index is 1280. The second-order valence-electron chi connectivity index (χ2n) is 7.73. The van der Waals surface area contributed by atoms with Gasteiger partial charge in [0.2, 0.25) is 11.8 Å². The molecular formula is C25H23N3O6S. The molecule has 0 aliphatic carbocycles. The number of nitro benzene ring substituents is 1. The maximum Gasteiger partial charge on any atom is 0.271 e. The highest BCUT2D eigenvalue weighted by atomic mass is 32.2. The normalized spacial score (nSPS) is 15.1. The van der Waals surface area contributed by atoms with Gasteiger partial charge in [0.25, 0.3) is 5.69 Å². The number of nitro groups is 1. The van der Waals surface area contributed by atoms with E-state index < -0.39 is 10.8 Å². The molecule has 2 amide bonds. The minimum absolute atomic E-state index is 0.131. The molecule has 35 heavy (non-hydrogen) atoms. The molecule has 1 aliphatic heterocycles. The Labute approximate surface area is 206 Å². The van der Waals surface area contributed by atoms with E-state index in [1.54, 1.807) is 44.2 Å². The lowest BCUT2D eigenvalue weighted by Crippen LogP contribution is -2.38. The number of benzene rings is 3. The molecule has 0 aromatic heterocycles. The number of hydrogen-bond acceptors (Lipinski definition) is 7. The molecule has 1 heterocycles. The lowest BCUT2D eigenvalue weighted by atomic mass is 10.1. The zero-order chi connectivity index (χ0) is 24.9. The molecule has 0 unspecified atom stereocenters. The summed E-state index contributed by atoms with van der Waals surface area (Å²) in [5, 5.41) is 13.5. The highest BCUT2D eigenvalue weighted by Gasteiger charge is 2.31. The first-order valence-corrected chi connectivity index (χ1v) is 11.6. The average molecular weight is 494 g/mol. The fourth-order valence-corrected chi connectivity index (χ4v) is 5.10. The molecule has 0 saturated carbocycles. The van der Waals surface area contributed by atoms with Gasteiger partial charge < -0.3 is 19.7 Å². The first kappa shape index (κ1) is 24.1. The van der Waals surface area contributed by atoms with E-state index in [1.807, 2.05) is 30.3 Å². The van der Waals surface area contributed by atoms with Gasteiger partial charge in [-0.25, -0.2) is 0 Å². The van der Waals surface area contributed by atoms with Crippen molar-refractivity contribution in [3.63, 3.8) is 0 Å². The summed E-state index contributed by atoms with van der Waals surface area (Å²) < 4.78 is 10.7. The van der Waals surface area contributed by atoms with Gasteiger partial charge in [0.05, 0.1) is 24.8 Å². The largest absolute Gasteiger partial charge is 0.493 e. The minimum atomic E-state index is -0.532. The number of carbonyl (C=O) groups is 2. The molecule has 1 N–H and O–H groups in total. The predicted octanol–water partition coefficient (Wildman–Crippen LogP) is 4.82. The Morgan fingerprint density at radius 2 is 1.86 bits per heavy atom. The van der Waals surface area contributed by atoms with Crippen LogP contribution in [0.15, 0.2) is 71.6 Å². The van der Waals surface area contributed by atoms with Crippen molar-refractivity contribution in [2.24, 2.45) is 0 Å². The second kappa shape index (κ2) is 10.5. The number of thioether (sulfide) groups is 1. The SMILES string of the molecule is COc1ccc([C@H]2CC(=O)N(CC(=O)Nc3cccc([N+](=O)[O-])c3)c3ccccc3S2)cc1OC. The van der Waals surface area contributed by atoms with Gasteiger partial charge in [-0.05, 0) is 35.9 Å². The Kier molecular flexibility index (Phi) is 7.21. The molecule has 1 aliphatic rings. The molecule has 0 spiro atoms. The van der Waals surface area contributed by atoms with Crippen molar-refractivity contribution < 1.29 is 24.0 Å². The minimum Gasteiger partial charge on any atom is -0.493 e. The van der Waals surface area contributed by atoms with Crippen LogP contribution in [0.5, 0.6) is 11.5 Å². The van der Waals surface area contributed by atoms with Crippen LogP contribution in [0.4, 0.5) is 17.1 Å². The summed E-state index contributed by atoms with van der Waals surface area (Å²) in [6.45, 7) is -0.224. The Morgan fingerprint density at radius 3 is 2.60 bits per heavy atom. The number of carbonyl (C=O) groups excluding carboxylic acids is 2. The first-order valence-electron chi connectivity index (χ1n) is 10.7. The summed E-state index contributed by atoms with van der Waals surface area (Å²) in [5.41, 5.74) is 1.70. The third-order valence-corrected chi connectivity index (χ3v) is 6.83. The van der Waals surface area contributed by atoms with Crippen LogP contribution >= 0.6 is 11.8 Å². The third-order valence-electron chi connectivity index (χ3n) is 5.51. The number of methoxy groups -OCH3 is 2. The maximum atomic E-state index is 13.4. The molecule has 10 heteroatoms. The fourth-order valence-electron chi connectivity index (χ4n) is 3.83. The molecule has 180 valence electrons. The van der Waals surface area contributed by atoms with Crippen LogP contribution in [0.1, 0.15) is 17.2 Å². The molecule has 0 bridgehead atoms. The maximum absolute atomic E-state index is 13.4. The Balaban J connectivity index is 1.58. The number of hydrogen-bond donors (Lipinski definition) is 1. The van der Waals surface area contributed by atoms with Gasteiger partial charge in [0, 0.05) is 34.4 Å². The fraction of sp³-hybridized carbons (Fsp3) is 0.200. The molecule has 1 atom stereocenters. The summed E-state index contributed by atoms with van der Waals surface area (Å²) in [6, 6.07) is 18.7. The van der Waals surface area contributed by atoms with E-state index in [9.17, 15) is 19.7 Å². The monoisotopic (exact) mass is 493 g/mol. The smallest absolute Gasteiger partial charge is 0.271 e. The number of rotatable bonds is 7. The van der Waals surface area contributed by atoms with Crippen molar-refractivity contribution >= 4 is 40.6 Å². The number of fused-ring (bicyclic) bond motifs is 1. The van der Waals surface area contributed by atoms with E-state index in [1.165, 1.54) is 23.1 Å². The van der Waals surface area contributed by atoms with Crippen molar-refractivity contribution in [3.05, 3.63) is 82.4 Å². The van der Waals surface area contributed by atoms with Crippen LogP contribution in [0.25, 0.3) is 0 Å². The predicted molar refractivity (Wildman–Crippen MR) is 133 cm³/mol. The van der Waals surface area contributed by atoms with Crippen LogP contribution in [0.2, 0.25) is 0 Å². The van der Waals surface area contributed by atoms with Crippen molar-refractivity contribution in [1.82, 2.24) is 0 Å². The van der Waals surface area contributed by atoms with E-state index in [4.69, 9.17) is 9.47 Å². The Hall–Kier alpha value is -4.05. The molecule has 3 aromatic carbocycles. The highest BCUT2D eigenvalue weighted by Crippen LogP contribution is 2.46. The van der Waals surface area contributed by atoms with Crippen molar-refractivity contribution in [2.45, 2.75) is 16.6 Å². The van der Waals surface area contributed by atoms with Gasteiger partial charge in [-0.3, -0.25) is 19.7 Å². The Morgan fingerprint density at radius 1 is 1.09 bits per heavy atom. The second-order valence-corrected chi connectivity index (χ2v) is 8.97. The molecule has 9 nitrogen and oxygen atoms in total. The number of nitrogens with zero attached hydrogens (tertiary/aromatic N) is 2. The summed E-state index contributed by atoms with van der Waals surface area (Å²) in [7, 11) is 3.12. The molecule has 0 fully saturated rings. The lowest BCUT2D eigenvalue weighted by molar-refractivity contribution is -0.384. The number of anilines is 2. The summed E-state index contributed by atoms with van der Waals surface area (Å²) in [6.07, 6.45) is 0.166.